The molecule has 3 N–H and O–H groups in total. The van der Waals surface area contributed by atoms with Gasteiger partial charge in [-0.2, -0.15) is 0 Å². The molecule has 190 valence electrons. The third-order valence-electron chi connectivity index (χ3n) is 4.80. The Morgan fingerprint density at radius 1 is 1.00 bits per heavy atom. The molecule has 0 aliphatic heterocycles. The maximum atomic E-state index is 12.3. The number of aliphatic hydroxyl groups is 1. The Balaban J connectivity index is 1.95. The van der Waals surface area contributed by atoms with Crippen LogP contribution in [0.25, 0.3) is 5.76 Å². The number of aliphatic hydroxyl groups excluding tert-OH is 1. The number of hydrogen-bond acceptors (Lipinski definition) is 8. The first-order valence-electron chi connectivity index (χ1n) is 11.2. The molecule has 0 spiro atoms. The van der Waals surface area contributed by atoms with Crippen LogP contribution in [0.5, 0.6) is 0 Å². The second-order valence-electron chi connectivity index (χ2n) is 7.43. The van der Waals surface area contributed by atoms with Crippen LogP contribution < -0.4 is 10.6 Å². The minimum atomic E-state index is -0.918. The minimum Gasteiger partial charge on any atom is -0.506 e. The predicted octanol–water partition coefficient (Wildman–Crippen LogP) is 1.61. The Morgan fingerprint density at radius 2 is 1.64 bits per heavy atom. The van der Waals surface area contributed by atoms with E-state index in [1.807, 2.05) is 30.3 Å². The molecular weight excluding hydrogens is 466 g/mol. The molecule has 2 rings (SSSR count). The van der Waals surface area contributed by atoms with E-state index in [1.54, 1.807) is 37.3 Å². The Hall–Kier alpha value is -4.47. The van der Waals surface area contributed by atoms with Crippen molar-refractivity contribution in [2.24, 2.45) is 4.99 Å². The lowest BCUT2D eigenvalue weighted by Gasteiger charge is -2.16. The zero-order valence-electron chi connectivity index (χ0n) is 20.1. The second-order valence-corrected chi connectivity index (χ2v) is 7.43. The standard InChI is InChI=1S/C26H29N3O7/c1-3-36-25(33)20(24(32)19-12-8-5-9-13-19)15-27-16-22(30)28-17-23(31)29-21(26(34)35-2)14-18-10-6-4-7-11-18/h4-13,15,21,32H,3,14,16-17H2,1-2H3,(H,28,30)(H,29,31)/b24-20-,27-15?/t21-/m0/s1. The van der Waals surface area contributed by atoms with E-state index in [4.69, 9.17) is 9.47 Å². The first-order chi connectivity index (χ1) is 17.3. The number of nitrogens with one attached hydrogen (secondary N) is 2. The van der Waals surface area contributed by atoms with Crippen LogP contribution in [0.3, 0.4) is 0 Å². The summed E-state index contributed by atoms with van der Waals surface area (Å²) in [6, 6.07) is 16.5. The molecule has 36 heavy (non-hydrogen) atoms. The third-order valence-corrected chi connectivity index (χ3v) is 4.80. The maximum Gasteiger partial charge on any atom is 0.343 e. The first kappa shape index (κ1) is 27.8. The molecule has 0 aliphatic rings. The number of ether oxygens (including phenoxy) is 2. The molecule has 0 radical (unpaired) electrons. The predicted molar refractivity (Wildman–Crippen MR) is 133 cm³/mol. The summed E-state index contributed by atoms with van der Waals surface area (Å²) in [7, 11) is 1.22. The van der Waals surface area contributed by atoms with Gasteiger partial charge in [0.15, 0.2) is 0 Å². The summed E-state index contributed by atoms with van der Waals surface area (Å²) in [6.45, 7) is 0.898. The Labute approximate surface area is 209 Å². The molecule has 0 saturated heterocycles. The smallest absolute Gasteiger partial charge is 0.343 e. The highest BCUT2D eigenvalue weighted by Gasteiger charge is 2.22. The zero-order chi connectivity index (χ0) is 26.3. The van der Waals surface area contributed by atoms with E-state index in [2.05, 4.69) is 15.6 Å². The van der Waals surface area contributed by atoms with E-state index in [0.717, 1.165) is 11.8 Å². The number of hydrogen-bond donors (Lipinski definition) is 3. The summed E-state index contributed by atoms with van der Waals surface area (Å²) in [5, 5.41) is 15.4. The highest BCUT2D eigenvalue weighted by Crippen LogP contribution is 2.16. The lowest BCUT2D eigenvalue weighted by Crippen LogP contribution is -2.47. The van der Waals surface area contributed by atoms with Crippen LogP contribution in [0.2, 0.25) is 0 Å². The van der Waals surface area contributed by atoms with Crippen LogP contribution in [-0.2, 0) is 35.1 Å². The largest absolute Gasteiger partial charge is 0.506 e. The number of amides is 2. The molecule has 0 aliphatic carbocycles. The number of nitrogens with zero attached hydrogens (tertiary/aromatic N) is 1. The van der Waals surface area contributed by atoms with Gasteiger partial charge >= 0.3 is 11.9 Å². The second kappa shape index (κ2) is 14.7. The Morgan fingerprint density at radius 3 is 2.25 bits per heavy atom. The molecule has 10 heteroatoms. The van der Waals surface area contributed by atoms with Crippen molar-refractivity contribution in [2.45, 2.75) is 19.4 Å². The molecule has 2 aromatic rings. The molecule has 0 heterocycles. The van der Waals surface area contributed by atoms with Crippen molar-refractivity contribution in [2.75, 3.05) is 26.8 Å². The molecule has 0 bridgehead atoms. The summed E-state index contributed by atoms with van der Waals surface area (Å²) in [4.78, 5) is 52.6. The number of aliphatic imine (C=N–C) groups is 1. The van der Waals surface area contributed by atoms with E-state index < -0.39 is 42.9 Å². The van der Waals surface area contributed by atoms with E-state index in [0.29, 0.717) is 5.56 Å². The Kier molecular flexibility index (Phi) is 11.4. The lowest BCUT2D eigenvalue weighted by molar-refractivity contribution is -0.145. The number of esters is 2. The Bertz CT molecular complexity index is 1100. The SMILES string of the molecule is CCOC(=O)/C(C=NCC(=O)NCC(=O)N[C@@H](Cc1ccccc1)C(=O)OC)=C(\O)c1ccccc1. The molecule has 1 atom stereocenters. The summed E-state index contributed by atoms with van der Waals surface area (Å²) < 4.78 is 9.70. The van der Waals surface area contributed by atoms with Gasteiger partial charge in [0.1, 0.15) is 23.9 Å². The van der Waals surface area contributed by atoms with Gasteiger partial charge < -0.3 is 25.2 Å². The molecule has 0 aromatic heterocycles. The summed E-state index contributed by atoms with van der Waals surface area (Å²) in [5.41, 5.74) is 0.995. The van der Waals surface area contributed by atoms with Crippen molar-refractivity contribution < 1.29 is 33.8 Å². The quantitative estimate of drug-likeness (QED) is 0.176. The van der Waals surface area contributed by atoms with Gasteiger partial charge in [-0.3, -0.25) is 14.6 Å². The van der Waals surface area contributed by atoms with Gasteiger partial charge in [-0.25, -0.2) is 9.59 Å². The van der Waals surface area contributed by atoms with E-state index in [-0.39, 0.29) is 24.4 Å². The number of rotatable bonds is 12. The van der Waals surface area contributed by atoms with Crippen LogP contribution in [0.1, 0.15) is 18.1 Å². The van der Waals surface area contributed by atoms with Gasteiger partial charge in [0.2, 0.25) is 11.8 Å². The minimum absolute atomic E-state index is 0.0880. The number of benzene rings is 2. The van der Waals surface area contributed by atoms with Crippen LogP contribution >= 0.6 is 0 Å². The third kappa shape index (κ3) is 9.05. The van der Waals surface area contributed by atoms with Gasteiger partial charge in [0, 0.05) is 18.2 Å². The van der Waals surface area contributed by atoms with Crippen molar-refractivity contribution in [1.82, 2.24) is 10.6 Å². The van der Waals surface area contributed by atoms with E-state index in [9.17, 15) is 24.3 Å². The molecule has 0 saturated carbocycles. The van der Waals surface area contributed by atoms with E-state index in [1.165, 1.54) is 7.11 Å². The highest BCUT2D eigenvalue weighted by molar-refractivity contribution is 6.15. The molecule has 0 unspecified atom stereocenters. The van der Waals surface area contributed by atoms with Gasteiger partial charge in [-0.05, 0) is 12.5 Å². The number of methoxy groups -OCH3 is 1. The highest BCUT2D eigenvalue weighted by atomic mass is 16.5. The van der Waals surface area contributed by atoms with Crippen LogP contribution in [0.4, 0.5) is 0 Å². The number of carbonyl (C=O) groups is 4. The maximum absolute atomic E-state index is 12.3. The van der Waals surface area contributed by atoms with Crippen molar-refractivity contribution in [3.05, 3.63) is 77.4 Å². The lowest BCUT2D eigenvalue weighted by atomic mass is 10.1. The van der Waals surface area contributed by atoms with Crippen molar-refractivity contribution in [1.29, 1.82) is 0 Å². The van der Waals surface area contributed by atoms with E-state index >= 15 is 0 Å². The van der Waals surface area contributed by atoms with Crippen molar-refractivity contribution in [3.63, 3.8) is 0 Å². The monoisotopic (exact) mass is 495 g/mol. The van der Waals surface area contributed by atoms with Crippen molar-refractivity contribution >= 4 is 35.7 Å². The van der Waals surface area contributed by atoms with Gasteiger partial charge in [0.25, 0.3) is 0 Å². The topological polar surface area (TPSA) is 143 Å². The fraction of sp³-hybridized carbons (Fsp3) is 0.269. The van der Waals surface area contributed by atoms with Gasteiger partial charge in [-0.1, -0.05) is 60.7 Å². The fourth-order valence-electron chi connectivity index (χ4n) is 3.06. The normalized spacial score (nSPS) is 12.3. The van der Waals surface area contributed by atoms with Crippen LogP contribution in [0.15, 0.2) is 71.2 Å². The average molecular weight is 496 g/mol. The molecule has 2 aromatic carbocycles. The van der Waals surface area contributed by atoms with Gasteiger partial charge in [-0.15, -0.1) is 0 Å². The number of carbonyl (C=O) groups excluding carboxylic acids is 4. The summed E-state index contributed by atoms with van der Waals surface area (Å²) >= 11 is 0. The van der Waals surface area contributed by atoms with Gasteiger partial charge in [0.05, 0.1) is 20.3 Å². The molecule has 10 nitrogen and oxygen atoms in total. The molecular formula is C26H29N3O7. The molecule has 2 amide bonds. The summed E-state index contributed by atoms with van der Waals surface area (Å²) in [5.74, 6) is -2.95. The molecule has 0 fully saturated rings. The van der Waals surface area contributed by atoms with Crippen molar-refractivity contribution in [3.8, 4) is 0 Å². The average Bonchev–Trinajstić information content (AvgIpc) is 2.90. The zero-order valence-corrected chi connectivity index (χ0v) is 20.1. The summed E-state index contributed by atoms with van der Waals surface area (Å²) in [6.07, 6.45) is 1.28. The van der Waals surface area contributed by atoms with Crippen LogP contribution in [0, 0.1) is 0 Å². The van der Waals surface area contributed by atoms with Crippen LogP contribution in [-0.4, -0.2) is 67.9 Å². The fourth-order valence-corrected chi connectivity index (χ4v) is 3.06. The first-order valence-corrected chi connectivity index (χ1v) is 11.2.